The van der Waals surface area contributed by atoms with Gasteiger partial charge in [0.1, 0.15) is 0 Å². The molecule has 28 heavy (non-hydrogen) atoms. The number of thioether (sulfide) groups is 2. The van der Waals surface area contributed by atoms with Crippen LogP contribution in [0, 0.1) is 0 Å². The van der Waals surface area contributed by atoms with Crippen LogP contribution in [-0.2, 0) is 11.8 Å². The third kappa shape index (κ3) is 5.24. The average Bonchev–Trinajstić information content (AvgIpc) is 3.02. The Kier molecular flexibility index (Phi) is 6.93. The average molecular weight is 441 g/mol. The number of nitrogens with one attached hydrogen (secondary N) is 1. The quantitative estimate of drug-likeness (QED) is 0.513. The van der Waals surface area contributed by atoms with Crippen molar-refractivity contribution in [2.45, 2.75) is 15.8 Å². The fourth-order valence-corrected chi connectivity index (χ4v) is 3.79. The Bertz CT molecular complexity index is 966. The standard InChI is InChI=1S/C18H15ClF2N4OS2/c1-25-16(13-4-2-3-5-14(13)19)23-24-18(25)27-10-15(26)22-11-6-8-12(9-7-11)28-17(20)21/h2-9,17H,10H2,1H3,(H,22,26). The highest BCUT2D eigenvalue weighted by molar-refractivity contribution is 8.00. The number of hydrogen-bond donors (Lipinski definition) is 1. The lowest BCUT2D eigenvalue weighted by molar-refractivity contribution is -0.113. The van der Waals surface area contributed by atoms with E-state index in [9.17, 15) is 13.6 Å². The highest BCUT2D eigenvalue weighted by Gasteiger charge is 2.15. The highest BCUT2D eigenvalue weighted by Crippen LogP contribution is 2.29. The lowest BCUT2D eigenvalue weighted by Crippen LogP contribution is -2.14. The van der Waals surface area contributed by atoms with Gasteiger partial charge in [-0.15, -0.1) is 10.2 Å². The Morgan fingerprint density at radius 1 is 1.18 bits per heavy atom. The Balaban J connectivity index is 1.59. The summed E-state index contributed by atoms with van der Waals surface area (Å²) in [5.74, 6) is -1.97. The zero-order chi connectivity index (χ0) is 20.1. The minimum Gasteiger partial charge on any atom is -0.325 e. The van der Waals surface area contributed by atoms with Crippen LogP contribution in [0.4, 0.5) is 14.5 Å². The molecule has 5 nitrogen and oxygen atoms in total. The number of carbonyl (C=O) groups is 1. The highest BCUT2D eigenvalue weighted by atomic mass is 35.5. The minimum absolute atomic E-state index is 0.127. The summed E-state index contributed by atoms with van der Waals surface area (Å²) in [5, 5.41) is 12.1. The molecular weight excluding hydrogens is 426 g/mol. The zero-order valence-electron chi connectivity index (χ0n) is 14.6. The van der Waals surface area contributed by atoms with Gasteiger partial charge in [0.05, 0.1) is 10.8 Å². The van der Waals surface area contributed by atoms with Crippen LogP contribution >= 0.6 is 35.1 Å². The molecule has 0 unspecified atom stereocenters. The van der Waals surface area contributed by atoms with Gasteiger partial charge >= 0.3 is 0 Å². The van der Waals surface area contributed by atoms with Gasteiger partial charge in [-0.3, -0.25) is 4.79 Å². The van der Waals surface area contributed by atoms with Crippen LogP contribution in [0.1, 0.15) is 0 Å². The first-order valence-corrected chi connectivity index (χ1v) is 10.3. The monoisotopic (exact) mass is 440 g/mol. The number of benzene rings is 2. The van der Waals surface area contributed by atoms with E-state index in [1.807, 2.05) is 18.2 Å². The second-order valence-corrected chi connectivity index (χ2v) is 8.00. The van der Waals surface area contributed by atoms with E-state index in [2.05, 4.69) is 15.5 Å². The number of amides is 1. The topological polar surface area (TPSA) is 59.8 Å². The van der Waals surface area contributed by atoms with Crippen LogP contribution in [0.3, 0.4) is 0 Å². The summed E-state index contributed by atoms with van der Waals surface area (Å²) in [7, 11) is 1.80. The maximum atomic E-state index is 12.3. The van der Waals surface area contributed by atoms with Crippen LogP contribution in [0.15, 0.2) is 58.6 Å². The summed E-state index contributed by atoms with van der Waals surface area (Å²) in [4.78, 5) is 12.6. The molecule has 1 aromatic heterocycles. The molecule has 3 rings (SSSR count). The van der Waals surface area contributed by atoms with Crippen LogP contribution in [-0.4, -0.2) is 32.2 Å². The van der Waals surface area contributed by atoms with E-state index < -0.39 is 5.76 Å². The summed E-state index contributed by atoms with van der Waals surface area (Å²) >= 11 is 7.90. The molecule has 10 heteroatoms. The first-order chi connectivity index (χ1) is 13.4. The first kappa shape index (κ1) is 20.6. The molecule has 0 bridgehead atoms. The molecule has 0 aliphatic heterocycles. The van der Waals surface area contributed by atoms with Crippen LogP contribution in [0.2, 0.25) is 5.02 Å². The van der Waals surface area contributed by atoms with Crippen LogP contribution in [0.25, 0.3) is 11.4 Å². The summed E-state index contributed by atoms with van der Waals surface area (Å²) in [6, 6.07) is 13.6. The van der Waals surface area contributed by atoms with Gasteiger partial charge in [0, 0.05) is 23.2 Å². The van der Waals surface area contributed by atoms with E-state index in [0.717, 1.165) is 5.56 Å². The molecule has 2 aromatic carbocycles. The summed E-state index contributed by atoms with van der Waals surface area (Å²) in [6.07, 6.45) is 0. The van der Waals surface area contributed by atoms with Gasteiger partial charge in [-0.1, -0.05) is 47.3 Å². The summed E-state index contributed by atoms with van der Waals surface area (Å²) in [6.45, 7) is 0. The number of hydrogen-bond acceptors (Lipinski definition) is 5. The molecule has 0 saturated heterocycles. The van der Waals surface area contributed by atoms with E-state index in [1.54, 1.807) is 29.8 Å². The predicted molar refractivity (Wildman–Crippen MR) is 109 cm³/mol. The molecular formula is C18H15ClF2N4OS2. The number of rotatable bonds is 7. The van der Waals surface area contributed by atoms with Gasteiger partial charge in [-0.05, 0) is 36.4 Å². The Morgan fingerprint density at radius 2 is 1.89 bits per heavy atom. The Hall–Kier alpha value is -2.10. The van der Waals surface area contributed by atoms with E-state index in [0.29, 0.717) is 38.3 Å². The summed E-state index contributed by atoms with van der Waals surface area (Å²) < 4.78 is 26.4. The zero-order valence-corrected chi connectivity index (χ0v) is 17.0. The van der Waals surface area contributed by atoms with Crippen molar-refractivity contribution in [1.82, 2.24) is 14.8 Å². The molecule has 146 valence electrons. The molecule has 1 amide bonds. The molecule has 3 aromatic rings. The van der Waals surface area contributed by atoms with E-state index in [4.69, 9.17) is 11.6 Å². The van der Waals surface area contributed by atoms with Crippen molar-refractivity contribution >= 4 is 46.7 Å². The smallest absolute Gasteiger partial charge is 0.288 e. The fraction of sp³-hybridized carbons (Fsp3) is 0.167. The molecule has 0 saturated carbocycles. The van der Waals surface area contributed by atoms with E-state index in [1.165, 1.54) is 23.9 Å². The number of nitrogens with zero attached hydrogens (tertiary/aromatic N) is 3. The first-order valence-electron chi connectivity index (χ1n) is 8.06. The van der Waals surface area contributed by atoms with Gasteiger partial charge in [0.2, 0.25) is 5.91 Å². The molecule has 0 aliphatic carbocycles. The van der Waals surface area contributed by atoms with Crippen molar-refractivity contribution in [3.63, 3.8) is 0 Å². The molecule has 0 atom stereocenters. The second kappa shape index (κ2) is 9.40. The predicted octanol–water partition coefficient (Wildman–Crippen LogP) is 5.18. The van der Waals surface area contributed by atoms with E-state index in [-0.39, 0.29) is 11.7 Å². The van der Waals surface area contributed by atoms with Crippen molar-refractivity contribution < 1.29 is 13.6 Å². The van der Waals surface area contributed by atoms with Gasteiger partial charge < -0.3 is 9.88 Å². The Labute approximate surface area is 173 Å². The fourth-order valence-electron chi connectivity index (χ4n) is 2.36. The number of aromatic nitrogens is 3. The maximum absolute atomic E-state index is 12.3. The van der Waals surface area contributed by atoms with Gasteiger partial charge in [-0.25, -0.2) is 0 Å². The number of halogens is 3. The van der Waals surface area contributed by atoms with Crippen LogP contribution < -0.4 is 5.32 Å². The Morgan fingerprint density at radius 3 is 2.57 bits per heavy atom. The number of carbonyl (C=O) groups excluding carboxylic acids is 1. The molecule has 0 spiro atoms. The lowest BCUT2D eigenvalue weighted by Gasteiger charge is -2.07. The van der Waals surface area contributed by atoms with E-state index >= 15 is 0 Å². The summed E-state index contributed by atoms with van der Waals surface area (Å²) in [5.41, 5.74) is 1.30. The SMILES string of the molecule is Cn1c(SCC(=O)Nc2ccc(SC(F)F)cc2)nnc1-c1ccccc1Cl. The lowest BCUT2D eigenvalue weighted by atomic mass is 10.2. The van der Waals surface area contributed by atoms with Crippen molar-refractivity contribution in [2.24, 2.45) is 7.05 Å². The minimum atomic E-state index is -2.47. The largest absolute Gasteiger partial charge is 0.325 e. The molecule has 1 N–H and O–H groups in total. The molecule has 0 aliphatic rings. The van der Waals surface area contributed by atoms with Crippen molar-refractivity contribution in [2.75, 3.05) is 11.1 Å². The van der Waals surface area contributed by atoms with Crippen molar-refractivity contribution in [3.8, 4) is 11.4 Å². The van der Waals surface area contributed by atoms with Crippen LogP contribution in [0.5, 0.6) is 0 Å². The third-order valence-corrected chi connectivity index (χ3v) is 5.72. The second-order valence-electron chi connectivity index (χ2n) is 5.58. The van der Waals surface area contributed by atoms with Crippen molar-refractivity contribution in [3.05, 3.63) is 53.6 Å². The maximum Gasteiger partial charge on any atom is 0.288 e. The molecule has 0 radical (unpaired) electrons. The number of anilines is 1. The van der Waals surface area contributed by atoms with Gasteiger partial charge in [0.25, 0.3) is 5.76 Å². The van der Waals surface area contributed by atoms with Gasteiger partial charge in [-0.2, -0.15) is 8.78 Å². The van der Waals surface area contributed by atoms with Gasteiger partial charge in [0.15, 0.2) is 11.0 Å². The molecule has 0 fully saturated rings. The molecule has 1 heterocycles. The van der Waals surface area contributed by atoms with Crippen molar-refractivity contribution in [1.29, 1.82) is 0 Å². The number of alkyl halides is 2. The normalized spacial score (nSPS) is 11.0. The third-order valence-electron chi connectivity index (χ3n) is 3.65.